The summed E-state index contributed by atoms with van der Waals surface area (Å²) < 4.78 is 6.67. The molecule has 0 aliphatic carbocycles. The van der Waals surface area contributed by atoms with Gasteiger partial charge in [-0.15, -0.1) is 0 Å². The molecule has 2 nitrogen and oxygen atoms in total. The Hall–Kier alpha value is -6.90. The predicted octanol–water partition coefficient (Wildman–Crippen LogP) is 14.4. The average Bonchev–Trinajstić information content (AvgIpc) is 3.61. The van der Waals surface area contributed by atoms with Gasteiger partial charge in [0.25, 0.3) is 0 Å². The van der Waals surface area contributed by atoms with Gasteiger partial charge in [-0.2, -0.15) is 0 Å². The zero-order valence-corrected chi connectivity index (χ0v) is 28.4. The molecule has 0 saturated carbocycles. The summed E-state index contributed by atoms with van der Waals surface area (Å²) in [7, 11) is 0. The smallest absolute Gasteiger partial charge is 0.143 e. The first-order valence-electron chi connectivity index (χ1n) is 17.8. The average molecular weight is 664 g/mol. The van der Waals surface area contributed by atoms with Crippen LogP contribution in [0.3, 0.4) is 0 Å². The zero-order chi connectivity index (χ0) is 34.4. The minimum absolute atomic E-state index is 0.889. The molecule has 0 bridgehead atoms. The quantitative estimate of drug-likeness (QED) is 0.165. The van der Waals surface area contributed by atoms with Crippen LogP contribution in [0.1, 0.15) is 0 Å². The molecular weight excluding hydrogens is 631 g/mol. The molecule has 10 rings (SSSR count). The lowest BCUT2D eigenvalue weighted by Crippen LogP contribution is -2.12. The van der Waals surface area contributed by atoms with Gasteiger partial charge >= 0.3 is 0 Å². The second-order valence-electron chi connectivity index (χ2n) is 13.3. The van der Waals surface area contributed by atoms with Gasteiger partial charge in [0, 0.05) is 33.0 Å². The minimum atomic E-state index is 0.889. The first kappa shape index (κ1) is 30.0. The molecule has 0 unspecified atom stereocenters. The monoisotopic (exact) mass is 663 g/mol. The van der Waals surface area contributed by atoms with Crippen molar-refractivity contribution in [3.63, 3.8) is 0 Å². The van der Waals surface area contributed by atoms with Crippen LogP contribution in [-0.4, -0.2) is 0 Å². The molecule has 0 aliphatic rings. The molecule has 10 aromatic rings. The fraction of sp³-hybridized carbons (Fsp3) is 0. The molecule has 0 radical (unpaired) electrons. The van der Waals surface area contributed by atoms with Crippen molar-refractivity contribution in [3.8, 4) is 33.4 Å². The number of furan rings is 1. The summed E-state index contributed by atoms with van der Waals surface area (Å²) in [5.74, 6) is 0. The Morgan fingerprint density at radius 1 is 0.327 bits per heavy atom. The highest BCUT2D eigenvalue weighted by Gasteiger charge is 2.23. The Bertz CT molecular complexity index is 2890. The molecule has 1 aromatic heterocycles. The van der Waals surface area contributed by atoms with E-state index in [-0.39, 0.29) is 0 Å². The van der Waals surface area contributed by atoms with Crippen LogP contribution in [-0.2, 0) is 0 Å². The number of benzene rings is 9. The van der Waals surface area contributed by atoms with Gasteiger partial charge in [0.05, 0.1) is 11.4 Å². The van der Waals surface area contributed by atoms with Gasteiger partial charge in [-0.25, -0.2) is 0 Å². The van der Waals surface area contributed by atoms with E-state index < -0.39 is 0 Å². The third-order valence-electron chi connectivity index (χ3n) is 10.3. The van der Waals surface area contributed by atoms with E-state index in [0.717, 1.165) is 55.7 Å². The molecule has 0 saturated heterocycles. The summed E-state index contributed by atoms with van der Waals surface area (Å²) >= 11 is 0. The summed E-state index contributed by atoms with van der Waals surface area (Å²) in [6.07, 6.45) is 0. The van der Waals surface area contributed by atoms with Crippen molar-refractivity contribution in [1.29, 1.82) is 0 Å². The Morgan fingerprint density at radius 2 is 0.904 bits per heavy atom. The highest BCUT2D eigenvalue weighted by molar-refractivity contribution is 6.16. The molecule has 0 aliphatic heterocycles. The lowest BCUT2D eigenvalue weighted by molar-refractivity contribution is 0.670. The Kier molecular flexibility index (Phi) is 7.18. The fourth-order valence-electron chi connectivity index (χ4n) is 7.77. The van der Waals surface area contributed by atoms with Gasteiger partial charge in [-0.05, 0) is 68.7 Å². The van der Waals surface area contributed by atoms with E-state index in [1.165, 1.54) is 38.2 Å². The van der Waals surface area contributed by atoms with Gasteiger partial charge in [0.15, 0.2) is 0 Å². The molecule has 1 heterocycles. The molecule has 0 amide bonds. The third-order valence-corrected chi connectivity index (χ3v) is 10.3. The maximum Gasteiger partial charge on any atom is 0.143 e. The SMILES string of the molecule is c1ccc(-c2ccc(N(c3cc(-c4ccccc4)ccc3-c3cccc4c3oc3ccccc34)c3cc4ccccc4c4ccccc34)cc2)cc1. The summed E-state index contributed by atoms with van der Waals surface area (Å²) in [6.45, 7) is 0. The molecule has 9 aromatic carbocycles. The van der Waals surface area contributed by atoms with E-state index in [1.54, 1.807) is 0 Å². The number of hydrogen-bond acceptors (Lipinski definition) is 2. The first-order valence-corrected chi connectivity index (χ1v) is 17.8. The lowest BCUT2D eigenvalue weighted by Gasteiger charge is -2.30. The van der Waals surface area contributed by atoms with Crippen molar-refractivity contribution < 1.29 is 4.42 Å². The Labute approximate surface area is 302 Å². The van der Waals surface area contributed by atoms with Crippen LogP contribution in [0.2, 0.25) is 0 Å². The number of nitrogens with zero attached hydrogens (tertiary/aromatic N) is 1. The van der Waals surface area contributed by atoms with Gasteiger partial charge in [0.2, 0.25) is 0 Å². The fourth-order valence-corrected chi connectivity index (χ4v) is 7.77. The van der Waals surface area contributed by atoms with Crippen molar-refractivity contribution in [2.75, 3.05) is 4.90 Å². The molecule has 0 atom stereocenters. The van der Waals surface area contributed by atoms with E-state index in [0.29, 0.717) is 0 Å². The predicted molar refractivity (Wildman–Crippen MR) is 220 cm³/mol. The highest BCUT2D eigenvalue weighted by atomic mass is 16.3. The van der Waals surface area contributed by atoms with Crippen LogP contribution < -0.4 is 4.90 Å². The van der Waals surface area contributed by atoms with Crippen LogP contribution in [0, 0.1) is 0 Å². The van der Waals surface area contributed by atoms with Gasteiger partial charge < -0.3 is 9.32 Å². The number of para-hydroxylation sites is 2. The Morgan fingerprint density at radius 3 is 1.67 bits per heavy atom. The van der Waals surface area contributed by atoms with E-state index in [1.807, 2.05) is 6.07 Å². The summed E-state index contributed by atoms with van der Waals surface area (Å²) in [4.78, 5) is 2.45. The summed E-state index contributed by atoms with van der Waals surface area (Å²) in [5.41, 5.74) is 11.9. The van der Waals surface area contributed by atoms with E-state index in [2.05, 4.69) is 199 Å². The van der Waals surface area contributed by atoms with Crippen LogP contribution in [0.4, 0.5) is 17.1 Å². The van der Waals surface area contributed by atoms with Crippen molar-refractivity contribution >= 4 is 60.5 Å². The third kappa shape index (κ3) is 5.04. The minimum Gasteiger partial charge on any atom is -0.455 e. The number of anilines is 3. The summed E-state index contributed by atoms with van der Waals surface area (Å²) in [6, 6.07) is 71.8. The Balaban J connectivity index is 1.30. The lowest BCUT2D eigenvalue weighted by atomic mass is 9.94. The summed E-state index contributed by atoms with van der Waals surface area (Å²) in [5, 5.41) is 7.08. The van der Waals surface area contributed by atoms with Crippen molar-refractivity contribution in [1.82, 2.24) is 0 Å². The topological polar surface area (TPSA) is 16.4 Å². The van der Waals surface area contributed by atoms with Crippen LogP contribution in [0.15, 0.2) is 205 Å². The highest BCUT2D eigenvalue weighted by Crippen LogP contribution is 2.48. The van der Waals surface area contributed by atoms with Crippen molar-refractivity contribution in [2.45, 2.75) is 0 Å². The van der Waals surface area contributed by atoms with Crippen LogP contribution >= 0.6 is 0 Å². The molecule has 0 N–H and O–H groups in total. The largest absolute Gasteiger partial charge is 0.455 e. The number of hydrogen-bond donors (Lipinski definition) is 0. The first-order chi connectivity index (χ1) is 25.8. The second-order valence-corrected chi connectivity index (χ2v) is 13.3. The molecule has 244 valence electrons. The van der Waals surface area contributed by atoms with E-state index in [9.17, 15) is 0 Å². The normalized spacial score (nSPS) is 11.5. The molecular formula is C50H33NO. The standard InChI is InChI=1S/C50H33NO/c1-3-14-34(15-4-1)36-26-29-39(30-27-36)51(48-33-38-18-7-8-19-40(38)41-20-9-10-21-42(41)48)47-32-37(35-16-5-2-6-17-35)28-31-43(47)45-23-13-24-46-44-22-11-12-25-49(44)52-50(45)46/h1-33H. The number of fused-ring (bicyclic) bond motifs is 6. The molecule has 0 fully saturated rings. The maximum atomic E-state index is 6.67. The maximum absolute atomic E-state index is 6.67. The molecule has 52 heavy (non-hydrogen) atoms. The molecule has 0 spiro atoms. The van der Waals surface area contributed by atoms with Crippen LogP contribution in [0.5, 0.6) is 0 Å². The van der Waals surface area contributed by atoms with E-state index >= 15 is 0 Å². The second kappa shape index (κ2) is 12.5. The van der Waals surface area contributed by atoms with Gasteiger partial charge in [-0.1, -0.05) is 170 Å². The van der Waals surface area contributed by atoms with Crippen LogP contribution in [0.25, 0.3) is 76.9 Å². The van der Waals surface area contributed by atoms with Crippen molar-refractivity contribution in [2.24, 2.45) is 0 Å². The zero-order valence-electron chi connectivity index (χ0n) is 28.4. The van der Waals surface area contributed by atoms with Gasteiger partial charge in [-0.3, -0.25) is 0 Å². The van der Waals surface area contributed by atoms with E-state index in [4.69, 9.17) is 4.42 Å². The number of rotatable bonds is 6. The van der Waals surface area contributed by atoms with Crippen molar-refractivity contribution in [3.05, 3.63) is 200 Å². The molecule has 2 heteroatoms. The van der Waals surface area contributed by atoms with Gasteiger partial charge in [0.1, 0.15) is 11.2 Å².